The molecular weight excluding hydrogens is 254 g/mol. The molecule has 21 heavy (non-hydrogen) atoms. The number of benzene rings is 2. The molecule has 0 spiro atoms. The topological polar surface area (TPSA) is 12.0 Å². The van der Waals surface area contributed by atoms with Crippen LogP contribution in [0.4, 0.5) is 0 Å². The van der Waals surface area contributed by atoms with Gasteiger partial charge in [-0.3, -0.25) is 0 Å². The van der Waals surface area contributed by atoms with Gasteiger partial charge in [-0.2, -0.15) is 0 Å². The van der Waals surface area contributed by atoms with Gasteiger partial charge in [-0.05, 0) is 46.4 Å². The minimum Gasteiger partial charge on any atom is -0.306 e. The Balaban J connectivity index is 1.66. The minimum absolute atomic E-state index is 0.369. The van der Waals surface area contributed by atoms with Crippen LogP contribution >= 0.6 is 0 Å². The molecule has 0 unspecified atom stereocenters. The summed E-state index contributed by atoms with van der Waals surface area (Å²) < 4.78 is 0. The van der Waals surface area contributed by atoms with Crippen molar-refractivity contribution >= 4 is 0 Å². The molecule has 4 rings (SSSR count). The van der Waals surface area contributed by atoms with Crippen LogP contribution < -0.4 is 5.32 Å². The third kappa shape index (κ3) is 2.03. The Hall–Kier alpha value is -1.60. The molecule has 1 fully saturated rings. The van der Waals surface area contributed by atoms with Crippen molar-refractivity contribution in [1.82, 2.24) is 5.32 Å². The van der Waals surface area contributed by atoms with E-state index in [1.54, 1.807) is 0 Å². The maximum atomic E-state index is 3.88. The van der Waals surface area contributed by atoms with Gasteiger partial charge in [0, 0.05) is 6.54 Å². The molecule has 1 saturated carbocycles. The van der Waals surface area contributed by atoms with Gasteiger partial charge in [0.1, 0.15) is 0 Å². The molecule has 0 bridgehead atoms. The van der Waals surface area contributed by atoms with Crippen LogP contribution in [0.3, 0.4) is 0 Å². The van der Waals surface area contributed by atoms with Crippen molar-refractivity contribution < 1.29 is 0 Å². The second kappa shape index (κ2) is 4.71. The molecule has 2 aromatic rings. The van der Waals surface area contributed by atoms with Crippen molar-refractivity contribution in [1.29, 1.82) is 0 Å². The highest BCUT2D eigenvalue weighted by Crippen LogP contribution is 2.52. The molecule has 2 aromatic carbocycles. The Bertz CT molecular complexity index is 622. The van der Waals surface area contributed by atoms with Crippen LogP contribution in [0.2, 0.25) is 0 Å². The van der Waals surface area contributed by atoms with E-state index in [0.29, 0.717) is 11.5 Å². The summed E-state index contributed by atoms with van der Waals surface area (Å²) in [4.78, 5) is 0. The summed E-state index contributed by atoms with van der Waals surface area (Å²) in [7, 11) is 0. The number of hydrogen-bond acceptors (Lipinski definition) is 1. The van der Waals surface area contributed by atoms with Crippen LogP contribution in [0.25, 0.3) is 11.1 Å². The van der Waals surface area contributed by atoms with Gasteiger partial charge in [0.15, 0.2) is 0 Å². The van der Waals surface area contributed by atoms with Gasteiger partial charge in [0.2, 0.25) is 0 Å². The minimum atomic E-state index is 0.369. The second-order valence-corrected chi connectivity index (χ2v) is 7.01. The first kappa shape index (κ1) is 13.1. The fourth-order valence-corrected chi connectivity index (χ4v) is 3.80. The Morgan fingerprint density at radius 1 is 0.952 bits per heavy atom. The van der Waals surface area contributed by atoms with Crippen molar-refractivity contribution in [2.24, 2.45) is 11.3 Å². The monoisotopic (exact) mass is 277 g/mol. The van der Waals surface area contributed by atoms with Gasteiger partial charge in [-0.1, -0.05) is 62.4 Å². The van der Waals surface area contributed by atoms with E-state index in [4.69, 9.17) is 0 Å². The number of nitrogens with one attached hydrogen (secondary N) is 1. The molecule has 0 atom stereocenters. The third-order valence-corrected chi connectivity index (χ3v) is 5.61. The molecule has 1 heteroatoms. The summed E-state index contributed by atoms with van der Waals surface area (Å²) in [6, 6.07) is 18.1. The van der Waals surface area contributed by atoms with E-state index >= 15 is 0 Å². The number of fused-ring (bicyclic) bond motifs is 3. The molecule has 0 aliphatic heterocycles. The second-order valence-electron chi connectivity index (χ2n) is 7.01. The molecule has 2 aliphatic carbocycles. The molecule has 0 heterocycles. The fraction of sp³-hybridized carbons (Fsp3) is 0.400. The van der Waals surface area contributed by atoms with Crippen LogP contribution in [-0.4, -0.2) is 6.54 Å². The predicted octanol–water partition coefficient (Wildman–Crippen LogP) is 4.78. The Morgan fingerprint density at radius 2 is 1.48 bits per heavy atom. The van der Waals surface area contributed by atoms with E-state index < -0.39 is 0 Å². The average molecular weight is 277 g/mol. The van der Waals surface area contributed by atoms with E-state index in [0.717, 1.165) is 12.5 Å². The van der Waals surface area contributed by atoms with Gasteiger partial charge >= 0.3 is 0 Å². The summed E-state index contributed by atoms with van der Waals surface area (Å²) in [5.74, 6) is 0.775. The fourth-order valence-electron chi connectivity index (χ4n) is 3.80. The van der Waals surface area contributed by atoms with E-state index in [9.17, 15) is 0 Å². The van der Waals surface area contributed by atoms with E-state index in [1.165, 1.54) is 35.1 Å². The quantitative estimate of drug-likeness (QED) is 0.848. The summed E-state index contributed by atoms with van der Waals surface area (Å²) in [6.07, 6.45) is 2.77. The summed E-state index contributed by atoms with van der Waals surface area (Å²) in [6.45, 7) is 5.87. The molecule has 108 valence electrons. The average Bonchev–Trinajstić information content (AvgIpc) is 3.24. The maximum Gasteiger partial charge on any atom is 0.0589 e. The zero-order valence-electron chi connectivity index (χ0n) is 12.9. The molecule has 0 amide bonds. The van der Waals surface area contributed by atoms with Crippen molar-refractivity contribution in [2.75, 3.05) is 6.54 Å². The van der Waals surface area contributed by atoms with Gasteiger partial charge in [0.25, 0.3) is 0 Å². The molecule has 0 saturated heterocycles. The normalized spacial score (nSPS) is 18.6. The standard InChI is InChI=1S/C20H23N/c1-14(2)20(11-12-20)13-21-19-17-9-5-3-7-15(17)16-8-4-6-10-18(16)19/h3-10,14,19,21H,11-13H2,1-2H3. The number of rotatable bonds is 4. The molecule has 1 nitrogen and oxygen atoms in total. The Labute approximate surface area is 127 Å². The lowest BCUT2D eigenvalue weighted by atomic mass is 9.91. The first-order valence-electron chi connectivity index (χ1n) is 8.13. The van der Waals surface area contributed by atoms with Crippen LogP contribution in [0, 0.1) is 11.3 Å². The third-order valence-electron chi connectivity index (χ3n) is 5.61. The van der Waals surface area contributed by atoms with E-state index in [2.05, 4.69) is 67.7 Å². The first-order chi connectivity index (χ1) is 10.2. The van der Waals surface area contributed by atoms with Crippen LogP contribution in [0.15, 0.2) is 48.5 Å². The Kier molecular flexibility index (Phi) is 2.93. The van der Waals surface area contributed by atoms with Crippen molar-refractivity contribution in [3.63, 3.8) is 0 Å². The van der Waals surface area contributed by atoms with Gasteiger partial charge in [-0.25, -0.2) is 0 Å². The zero-order valence-corrected chi connectivity index (χ0v) is 12.9. The molecular formula is C20H23N. The lowest BCUT2D eigenvalue weighted by Gasteiger charge is -2.24. The van der Waals surface area contributed by atoms with E-state index in [-0.39, 0.29) is 0 Å². The summed E-state index contributed by atoms with van der Waals surface area (Å²) in [5.41, 5.74) is 6.24. The first-order valence-corrected chi connectivity index (χ1v) is 8.13. The van der Waals surface area contributed by atoms with Gasteiger partial charge < -0.3 is 5.32 Å². The SMILES string of the molecule is CC(C)C1(CNC2c3ccccc3-c3ccccc32)CC1. The highest BCUT2D eigenvalue weighted by Gasteiger charge is 2.45. The molecule has 0 aromatic heterocycles. The van der Waals surface area contributed by atoms with Crippen LogP contribution in [-0.2, 0) is 0 Å². The lowest BCUT2D eigenvalue weighted by molar-refractivity contribution is 0.330. The van der Waals surface area contributed by atoms with Crippen LogP contribution in [0.1, 0.15) is 43.9 Å². The van der Waals surface area contributed by atoms with E-state index in [1.807, 2.05) is 0 Å². The summed E-state index contributed by atoms with van der Waals surface area (Å²) in [5, 5.41) is 3.88. The highest BCUT2D eigenvalue weighted by atomic mass is 14.9. The van der Waals surface area contributed by atoms with Crippen LogP contribution in [0.5, 0.6) is 0 Å². The maximum absolute atomic E-state index is 3.88. The lowest BCUT2D eigenvalue weighted by Crippen LogP contribution is -2.30. The smallest absolute Gasteiger partial charge is 0.0589 e. The summed E-state index contributed by atoms with van der Waals surface area (Å²) >= 11 is 0. The van der Waals surface area contributed by atoms with Crippen molar-refractivity contribution in [3.8, 4) is 11.1 Å². The highest BCUT2D eigenvalue weighted by molar-refractivity contribution is 5.78. The zero-order chi connectivity index (χ0) is 14.4. The van der Waals surface area contributed by atoms with Crippen molar-refractivity contribution in [3.05, 3.63) is 59.7 Å². The molecule has 2 aliphatic rings. The number of hydrogen-bond donors (Lipinski definition) is 1. The predicted molar refractivity (Wildman–Crippen MR) is 88.2 cm³/mol. The van der Waals surface area contributed by atoms with Gasteiger partial charge in [-0.15, -0.1) is 0 Å². The largest absolute Gasteiger partial charge is 0.306 e. The van der Waals surface area contributed by atoms with Gasteiger partial charge in [0.05, 0.1) is 6.04 Å². The molecule has 1 N–H and O–H groups in total. The molecule has 0 radical (unpaired) electrons. The Morgan fingerprint density at radius 3 is 1.95 bits per heavy atom. The van der Waals surface area contributed by atoms with Crippen molar-refractivity contribution in [2.45, 2.75) is 32.7 Å².